The monoisotopic (exact) mass is 513 g/mol. The van der Waals surface area contributed by atoms with Gasteiger partial charge in [-0.25, -0.2) is 0 Å². The first-order valence-corrected chi connectivity index (χ1v) is 14.0. The van der Waals surface area contributed by atoms with E-state index in [4.69, 9.17) is 4.74 Å². The second-order valence-corrected chi connectivity index (χ2v) is 11.3. The molecule has 192 valence electrons. The van der Waals surface area contributed by atoms with E-state index in [-0.39, 0.29) is 11.9 Å². The van der Waals surface area contributed by atoms with Gasteiger partial charge in [0.15, 0.2) is 0 Å². The zero-order valence-electron chi connectivity index (χ0n) is 21.7. The van der Waals surface area contributed by atoms with Crippen molar-refractivity contribution in [3.05, 3.63) is 93.8 Å². The molecule has 0 N–H and O–H groups in total. The van der Waals surface area contributed by atoms with E-state index in [0.29, 0.717) is 6.61 Å². The fourth-order valence-corrected chi connectivity index (χ4v) is 6.08. The summed E-state index contributed by atoms with van der Waals surface area (Å²) in [4.78, 5) is 24.1. The minimum atomic E-state index is 0.175. The third-order valence-corrected chi connectivity index (χ3v) is 8.06. The van der Waals surface area contributed by atoms with Crippen LogP contribution < -0.4 is 4.74 Å². The Morgan fingerprint density at radius 2 is 1.95 bits per heavy atom. The van der Waals surface area contributed by atoms with Gasteiger partial charge < -0.3 is 9.64 Å². The largest absolute Gasteiger partial charge is 0.494 e. The highest BCUT2D eigenvalue weighted by molar-refractivity contribution is 7.13. The molecule has 4 aromatic rings. The lowest BCUT2D eigenvalue weighted by Gasteiger charge is -2.35. The first-order valence-electron chi connectivity index (χ1n) is 13.2. The van der Waals surface area contributed by atoms with E-state index >= 15 is 0 Å². The van der Waals surface area contributed by atoms with Gasteiger partial charge in [0.2, 0.25) is 0 Å². The second-order valence-electron chi connectivity index (χ2n) is 10.0. The Morgan fingerprint density at radius 1 is 1.08 bits per heavy atom. The topological polar surface area (TPSA) is 45.7 Å². The highest BCUT2D eigenvalue weighted by Gasteiger charge is 2.28. The minimum absolute atomic E-state index is 0.175. The number of hydrogen-bond acceptors (Lipinski definition) is 5. The van der Waals surface area contributed by atoms with Crippen LogP contribution in [0.3, 0.4) is 0 Å². The number of piperidine rings is 1. The predicted octanol–water partition coefficient (Wildman–Crippen LogP) is 6.70. The van der Waals surface area contributed by atoms with Crippen molar-refractivity contribution < 1.29 is 9.53 Å². The molecule has 1 aliphatic heterocycles. The Kier molecular flexibility index (Phi) is 8.17. The molecule has 5 nitrogen and oxygen atoms in total. The summed E-state index contributed by atoms with van der Waals surface area (Å²) in [5.74, 6) is 1.06. The summed E-state index contributed by atoms with van der Waals surface area (Å²) in [6.45, 7) is 5.16. The summed E-state index contributed by atoms with van der Waals surface area (Å²) in [7, 11) is 2.14. The first kappa shape index (κ1) is 25.4. The normalized spacial score (nSPS) is 15.9. The molecule has 3 heterocycles. The van der Waals surface area contributed by atoms with Crippen LogP contribution in [0.4, 0.5) is 0 Å². The number of para-hydroxylation sites is 1. The smallest absolute Gasteiger partial charge is 0.264 e. The first-order chi connectivity index (χ1) is 18.1. The SMILES string of the molecule is Cc1ccc(C(=O)N2CCCCC2CCOc2cccc(CN(C)Cc3cccc4cccnc34)c2)s1. The van der Waals surface area contributed by atoms with Gasteiger partial charge in [-0.3, -0.25) is 14.7 Å². The van der Waals surface area contributed by atoms with E-state index in [9.17, 15) is 4.79 Å². The molecular weight excluding hydrogens is 478 g/mol. The molecule has 6 heteroatoms. The van der Waals surface area contributed by atoms with Gasteiger partial charge in [0, 0.05) is 48.6 Å². The Morgan fingerprint density at radius 3 is 2.81 bits per heavy atom. The van der Waals surface area contributed by atoms with Crippen LogP contribution in [0.2, 0.25) is 0 Å². The zero-order chi connectivity index (χ0) is 25.6. The van der Waals surface area contributed by atoms with Crippen LogP contribution in [0.1, 0.15) is 51.4 Å². The molecule has 0 bridgehead atoms. The van der Waals surface area contributed by atoms with E-state index < -0.39 is 0 Å². The molecule has 1 amide bonds. The van der Waals surface area contributed by atoms with Crippen molar-refractivity contribution in [2.45, 2.75) is 51.7 Å². The fourth-order valence-electron chi connectivity index (χ4n) is 5.26. The molecule has 0 spiro atoms. The number of carbonyl (C=O) groups is 1. The van der Waals surface area contributed by atoms with E-state index in [1.807, 2.05) is 30.5 Å². The Hall–Kier alpha value is -3.22. The summed E-state index contributed by atoms with van der Waals surface area (Å²) in [5, 5.41) is 1.17. The number of thiophene rings is 1. The van der Waals surface area contributed by atoms with Gasteiger partial charge in [-0.05, 0) is 74.7 Å². The quantitative estimate of drug-likeness (QED) is 0.250. The van der Waals surface area contributed by atoms with Gasteiger partial charge in [-0.1, -0.05) is 36.4 Å². The molecule has 1 unspecified atom stereocenters. The number of hydrogen-bond donors (Lipinski definition) is 0. The van der Waals surface area contributed by atoms with Gasteiger partial charge in [-0.2, -0.15) is 0 Å². The van der Waals surface area contributed by atoms with Crippen molar-refractivity contribution in [2.75, 3.05) is 20.2 Å². The number of benzene rings is 2. The highest BCUT2D eigenvalue weighted by Crippen LogP contribution is 2.26. The van der Waals surface area contributed by atoms with Crippen LogP contribution in [0.25, 0.3) is 10.9 Å². The third kappa shape index (κ3) is 6.38. The van der Waals surface area contributed by atoms with Crippen molar-refractivity contribution in [2.24, 2.45) is 0 Å². The van der Waals surface area contributed by atoms with Crippen LogP contribution in [-0.4, -0.2) is 46.9 Å². The fraction of sp³-hybridized carbons (Fsp3) is 0.355. The number of likely N-dealkylation sites (tertiary alicyclic amines) is 1. The van der Waals surface area contributed by atoms with Crippen molar-refractivity contribution in [1.29, 1.82) is 0 Å². The molecule has 2 aromatic carbocycles. The molecular formula is C31H35N3O2S. The van der Waals surface area contributed by atoms with E-state index in [2.05, 4.69) is 71.2 Å². The van der Waals surface area contributed by atoms with Crippen molar-refractivity contribution in [1.82, 2.24) is 14.8 Å². The number of rotatable bonds is 9. The average molecular weight is 514 g/mol. The maximum Gasteiger partial charge on any atom is 0.264 e. The summed E-state index contributed by atoms with van der Waals surface area (Å²) in [5.41, 5.74) is 3.52. The van der Waals surface area contributed by atoms with Crippen LogP contribution in [0, 0.1) is 6.92 Å². The lowest BCUT2D eigenvalue weighted by molar-refractivity contribution is 0.0585. The Labute approximate surface area is 223 Å². The molecule has 5 rings (SSSR count). The van der Waals surface area contributed by atoms with Gasteiger partial charge >= 0.3 is 0 Å². The van der Waals surface area contributed by atoms with E-state index in [1.54, 1.807) is 11.3 Å². The summed E-state index contributed by atoms with van der Waals surface area (Å²) >= 11 is 1.59. The molecule has 1 atom stereocenters. The van der Waals surface area contributed by atoms with Gasteiger partial charge in [-0.15, -0.1) is 11.3 Å². The maximum absolute atomic E-state index is 13.1. The number of pyridine rings is 1. The predicted molar refractivity (Wildman–Crippen MR) is 151 cm³/mol. The number of amides is 1. The molecule has 0 aliphatic carbocycles. The molecule has 1 fully saturated rings. The Balaban J connectivity index is 1.16. The second kappa shape index (κ2) is 11.9. The van der Waals surface area contributed by atoms with Crippen LogP contribution in [-0.2, 0) is 13.1 Å². The van der Waals surface area contributed by atoms with Crippen LogP contribution in [0.5, 0.6) is 5.75 Å². The number of carbonyl (C=O) groups excluding carboxylic acids is 1. The molecule has 0 radical (unpaired) electrons. The number of aromatic nitrogens is 1. The summed E-state index contributed by atoms with van der Waals surface area (Å²) in [6.07, 6.45) is 6.02. The zero-order valence-corrected chi connectivity index (χ0v) is 22.5. The molecule has 2 aromatic heterocycles. The Bertz CT molecular complexity index is 1350. The van der Waals surface area contributed by atoms with Gasteiger partial charge in [0.25, 0.3) is 5.91 Å². The average Bonchev–Trinajstić information content (AvgIpc) is 3.35. The number of aryl methyl sites for hydroxylation is 1. The van der Waals surface area contributed by atoms with Crippen LogP contribution >= 0.6 is 11.3 Å². The lowest BCUT2D eigenvalue weighted by Crippen LogP contribution is -2.44. The van der Waals surface area contributed by atoms with E-state index in [1.165, 1.54) is 27.8 Å². The van der Waals surface area contributed by atoms with Gasteiger partial charge in [0.05, 0.1) is 17.0 Å². The molecule has 1 aliphatic rings. The molecule has 0 saturated carbocycles. The van der Waals surface area contributed by atoms with E-state index in [0.717, 1.165) is 55.0 Å². The standard InChI is InChI=1S/C31H35N3O2S/c1-23-14-15-29(37-23)31(35)34-18-4-3-12-27(34)16-19-36-28-13-5-8-24(20-28)21-33(2)22-26-10-6-9-25-11-7-17-32-30(25)26/h5-11,13-15,17,20,27H,3-4,12,16,18-19,21-22H2,1-2H3. The number of fused-ring (bicyclic) bond motifs is 1. The molecule has 1 saturated heterocycles. The summed E-state index contributed by atoms with van der Waals surface area (Å²) < 4.78 is 6.18. The van der Waals surface area contributed by atoms with Crippen LogP contribution in [0.15, 0.2) is 72.9 Å². The number of ether oxygens (including phenoxy) is 1. The van der Waals surface area contributed by atoms with Crippen molar-refractivity contribution >= 4 is 28.1 Å². The number of nitrogens with zero attached hydrogens (tertiary/aromatic N) is 3. The lowest BCUT2D eigenvalue weighted by atomic mass is 9.99. The van der Waals surface area contributed by atoms with Gasteiger partial charge in [0.1, 0.15) is 5.75 Å². The highest BCUT2D eigenvalue weighted by atomic mass is 32.1. The maximum atomic E-state index is 13.1. The third-order valence-electron chi connectivity index (χ3n) is 7.07. The molecule has 37 heavy (non-hydrogen) atoms. The summed E-state index contributed by atoms with van der Waals surface area (Å²) in [6, 6.07) is 23.1. The van der Waals surface area contributed by atoms with Crippen molar-refractivity contribution in [3.8, 4) is 5.75 Å². The minimum Gasteiger partial charge on any atom is -0.494 e. The van der Waals surface area contributed by atoms with Crippen molar-refractivity contribution in [3.63, 3.8) is 0 Å².